The van der Waals surface area contributed by atoms with Crippen molar-refractivity contribution < 1.29 is 4.74 Å². The third kappa shape index (κ3) is 3.87. The molecule has 0 aromatic heterocycles. The van der Waals surface area contributed by atoms with Gasteiger partial charge in [-0.1, -0.05) is 26.0 Å². The zero-order chi connectivity index (χ0) is 13.7. The van der Waals surface area contributed by atoms with Crippen molar-refractivity contribution >= 4 is 5.69 Å². The monoisotopic (exact) mass is 262 g/mol. The molecule has 3 heteroatoms. The molecule has 0 saturated heterocycles. The van der Waals surface area contributed by atoms with Gasteiger partial charge in [-0.25, -0.2) is 0 Å². The van der Waals surface area contributed by atoms with E-state index in [2.05, 4.69) is 49.2 Å². The van der Waals surface area contributed by atoms with Gasteiger partial charge in [-0.3, -0.25) is 0 Å². The summed E-state index contributed by atoms with van der Waals surface area (Å²) >= 11 is 0. The second-order valence-corrected chi connectivity index (χ2v) is 5.61. The van der Waals surface area contributed by atoms with E-state index in [1.807, 2.05) is 6.07 Å². The normalized spacial score (nSPS) is 16.7. The lowest BCUT2D eigenvalue weighted by molar-refractivity contribution is 0.322. The fourth-order valence-electron chi connectivity index (χ4n) is 2.55. The number of para-hydroxylation sites is 2. The van der Waals surface area contributed by atoms with E-state index in [9.17, 15) is 0 Å². The Hall–Kier alpha value is -1.22. The highest BCUT2D eigenvalue weighted by Crippen LogP contribution is 2.32. The quantitative estimate of drug-likeness (QED) is 0.882. The number of benzene rings is 1. The van der Waals surface area contributed by atoms with E-state index in [-0.39, 0.29) is 0 Å². The molecule has 1 unspecified atom stereocenters. The van der Waals surface area contributed by atoms with Gasteiger partial charge in [-0.05, 0) is 38.4 Å². The second-order valence-electron chi connectivity index (χ2n) is 5.61. The van der Waals surface area contributed by atoms with Gasteiger partial charge in [-0.15, -0.1) is 0 Å². The van der Waals surface area contributed by atoms with E-state index in [4.69, 9.17) is 4.74 Å². The summed E-state index contributed by atoms with van der Waals surface area (Å²) < 4.78 is 5.81. The summed E-state index contributed by atoms with van der Waals surface area (Å²) in [6.07, 6.45) is 2.25. The molecule has 0 radical (unpaired) electrons. The summed E-state index contributed by atoms with van der Waals surface area (Å²) in [4.78, 5) is 2.49. The molecule has 1 aliphatic rings. The Morgan fingerprint density at radius 2 is 2.05 bits per heavy atom. The Morgan fingerprint density at radius 3 is 2.84 bits per heavy atom. The summed E-state index contributed by atoms with van der Waals surface area (Å²) in [5.41, 5.74) is 1.25. The van der Waals surface area contributed by atoms with E-state index in [0.29, 0.717) is 12.1 Å². The molecule has 1 aromatic carbocycles. The van der Waals surface area contributed by atoms with Crippen LogP contribution in [0.1, 0.15) is 33.6 Å². The molecule has 0 saturated carbocycles. The van der Waals surface area contributed by atoms with Crippen molar-refractivity contribution in [2.24, 2.45) is 0 Å². The Kier molecular flexibility index (Phi) is 5.08. The van der Waals surface area contributed by atoms with Crippen LogP contribution in [0.4, 0.5) is 5.69 Å². The number of rotatable bonds is 5. The van der Waals surface area contributed by atoms with Crippen LogP contribution in [0, 0.1) is 0 Å². The SMILES string of the molecule is CC(C)NCCC(C)N1CCCOc2ccccc21. The number of nitrogens with one attached hydrogen (secondary N) is 1. The van der Waals surface area contributed by atoms with Gasteiger partial charge in [0, 0.05) is 18.6 Å². The molecule has 1 heterocycles. The van der Waals surface area contributed by atoms with Crippen LogP contribution in [0.5, 0.6) is 5.75 Å². The molecule has 0 fully saturated rings. The molecule has 1 atom stereocenters. The molecule has 0 spiro atoms. The van der Waals surface area contributed by atoms with Gasteiger partial charge in [0.2, 0.25) is 0 Å². The molecular formula is C16H26N2O. The van der Waals surface area contributed by atoms with Crippen LogP contribution in [-0.4, -0.2) is 31.8 Å². The lowest BCUT2D eigenvalue weighted by atomic mass is 10.1. The largest absolute Gasteiger partial charge is 0.491 e. The number of ether oxygens (including phenoxy) is 1. The maximum Gasteiger partial charge on any atom is 0.142 e. The molecule has 0 amide bonds. The van der Waals surface area contributed by atoms with Crippen LogP contribution < -0.4 is 15.0 Å². The zero-order valence-electron chi connectivity index (χ0n) is 12.4. The Balaban J connectivity index is 2.02. The number of hydrogen-bond donors (Lipinski definition) is 1. The standard InChI is InChI=1S/C16H26N2O/c1-13(2)17-10-9-14(3)18-11-6-12-19-16-8-5-4-7-15(16)18/h4-5,7-8,13-14,17H,6,9-12H2,1-3H3. The highest BCUT2D eigenvalue weighted by Gasteiger charge is 2.20. The van der Waals surface area contributed by atoms with Crippen molar-refractivity contribution in [3.05, 3.63) is 24.3 Å². The first kappa shape index (κ1) is 14.2. The molecule has 1 N–H and O–H groups in total. The molecule has 0 aliphatic carbocycles. The van der Waals surface area contributed by atoms with Crippen LogP contribution in [-0.2, 0) is 0 Å². The Labute approximate surface area is 116 Å². The van der Waals surface area contributed by atoms with Crippen molar-refractivity contribution in [3.8, 4) is 5.75 Å². The van der Waals surface area contributed by atoms with Crippen LogP contribution in [0.2, 0.25) is 0 Å². The summed E-state index contributed by atoms with van der Waals surface area (Å²) in [6, 6.07) is 9.49. The van der Waals surface area contributed by atoms with Gasteiger partial charge >= 0.3 is 0 Å². The molecular weight excluding hydrogens is 236 g/mol. The van der Waals surface area contributed by atoms with Crippen molar-refractivity contribution in [2.45, 2.75) is 45.7 Å². The first-order valence-electron chi connectivity index (χ1n) is 7.40. The van der Waals surface area contributed by atoms with Gasteiger partial charge < -0.3 is 15.0 Å². The van der Waals surface area contributed by atoms with Crippen LogP contribution in [0.15, 0.2) is 24.3 Å². The molecule has 2 rings (SSSR count). The van der Waals surface area contributed by atoms with E-state index in [1.54, 1.807) is 0 Å². The minimum absolute atomic E-state index is 0.536. The predicted molar refractivity (Wildman–Crippen MR) is 81.1 cm³/mol. The minimum atomic E-state index is 0.536. The fraction of sp³-hybridized carbons (Fsp3) is 0.625. The molecule has 1 aromatic rings. The van der Waals surface area contributed by atoms with E-state index in [1.165, 1.54) is 5.69 Å². The van der Waals surface area contributed by atoms with E-state index in [0.717, 1.165) is 38.3 Å². The van der Waals surface area contributed by atoms with E-state index >= 15 is 0 Å². The van der Waals surface area contributed by atoms with Gasteiger partial charge in [0.1, 0.15) is 5.75 Å². The average Bonchev–Trinajstić information content (AvgIpc) is 2.60. The van der Waals surface area contributed by atoms with Gasteiger partial charge in [0.15, 0.2) is 0 Å². The third-order valence-corrected chi connectivity index (χ3v) is 3.62. The third-order valence-electron chi connectivity index (χ3n) is 3.62. The van der Waals surface area contributed by atoms with Crippen molar-refractivity contribution in [2.75, 3.05) is 24.6 Å². The topological polar surface area (TPSA) is 24.5 Å². The number of hydrogen-bond acceptors (Lipinski definition) is 3. The average molecular weight is 262 g/mol. The molecule has 19 heavy (non-hydrogen) atoms. The molecule has 1 aliphatic heterocycles. The van der Waals surface area contributed by atoms with Crippen LogP contribution >= 0.6 is 0 Å². The van der Waals surface area contributed by atoms with E-state index < -0.39 is 0 Å². The Bertz CT molecular complexity index is 392. The van der Waals surface area contributed by atoms with Crippen molar-refractivity contribution in [1.29, 1.82) is 0 Å². The summed E-state index contributed by atoms with van der Waals surface area (Å²) in [5, 5.41) is 3.50. The zero-order valence-corrected chi connectivity index (χ0v) is 12.4. The van der Waals surface area contributed by atoms with Crippen molar-refractivity contribution in [3.63, 3.8) is 0 Å². The lowest BCUT2D eigenvalue weighted by Gasteiger charge is -2.31. The first-order chi connectivity index (χ1) is 9.18. The molecule has 0 bridgehead atoms. The van der Waals surface area contributed by atoms with Gasteiger partial charge in [0.25, 0.3) is 0 Å². The number of fused-ring (bicyclic) bond motifs is 1. The van der Waals surface area contributed by atoms with Crippen LogP contribution in [0.3, 0.4) is 0 Å². The number of nitrogens with zero attached hydrogens (tertiary/aromatic N) is 1. The lowest BCUT2D eigenvalue weighted by Crippen LogP contribution is -2.37. The summed E-state index contributed by atoms with van der Waals surface area (Å²) in [7, 11) is 0. The highest BCUT2D eigenvalue weighted by molar-refractivity contribution is 5.59. The number of anilines is 1. The summed E-state index contributed by atoms with van der Waals surface area (Å²) in [6.45, 7) is 9.67. The van der Waals surface area contributed by atoms with Gasteiger partial charge in [-0.2, -0.15) is 0 Å². The fourth-order valence-corrected chi connectivity index (χ4v) is 2.55. The molecule has 106 valence electrons. The first-order valence-corrected chi connectivity index (χ1v) is 7.40. The smallest absolute Gasteiger partial charge is 0.142 e. The maximum absolute atomic E-state index is 5.81. The maximum atomic E-state index is 5.81. The molecule has 3 nitrogen and oxygen atoms in total. The van der Waals surface area contributed by atoms with Crippen LogP contribution in [0.25, 0.3) is 0 Å². The van der Waals surface area contributed by atoms with Crippen molar-refractivity contribution in [1.82, 2.24) is 5.32 Å². The highest BCUT2D eigenvalue weighted by atomic mass is 16.5. The Morgan fingerprint density at radius 1 is 1.26 bits per heavy atom. The minimum Gasteiger partial charge on any atom is -0.491 e. The second kappa shape index (κ2) is 6.80. The van der Waals surface area contributed by atoms with Gasteiger partial charge in [0.05, 0.1) is 12.3 Å². The predicted octanol–water partition coefficient (Wildman–Crippen LogP) is 3.05. The summed E-state index contributed by atoms with van der Waals surface area (Å²) in [5.74, 6) is 1.03.